The maximum atomic E-state index is 10.8. The molecular weight excluding hydrogens is 161 g/mol. The smallest absolute Gasteiger partial charge is 0.309 e. The zero-order valence-electron chi connectivity index (χ0n) is 6.88. The van der Waals surface area contributed by atoms with E-state index in [0.29, 0.717) is 25.7 Å². The van der Waals surface area contributed by atoms with E-state index in [-0.39, 0.29) is 13.5 Å². The number of rotatable bonds is 5. The zero-order valence-corrected chi connectivity index (χ0v) is 7.77. The molecule has 0 radical (unpaired) electrons. The van der Waals surface area contributed by atoms with E-state index in [4.69, 9.17) is 10.5 Å². The van der Waals surface area contributed by atoms with Crippen molar-refractivity contribution >= 4 is 19.8 Å². The number of hydrogen-bond acceptors (Lipinski definition) is 3. The van der Waals surface area contributed by atoms with Crippen LogP contribution < -0.4 is 5.73 Å². The second kappa shape index (κ2) is 6.32. The Morgan fingerprint density at radius 1 is 1.73 bits per heavy atom. The molecule has 0 aromatic carbocycles. The zero-order chi connectivity index (χ0) is 8.69. The lowest BCUT2D eigenvalue weighted by Crippen LogP contribution is -2.07. The van der Waals surface area contributed by atoms with E-state index < -0.39 is 0 Å². The highest BCUT2D eigenvalue weighted by molar-refractivity contribution is 7.54. The molecule has 1 atom stereocenters. The molecule has 0 bridgehead atoms. The third-order valence-corrected chi connectivity index (χ3v) is 1.60. The minimum atomic E-state index is -0.372. The van der Waals surface area contributed by atoms with Gasteiger partial charge in [0.15, 0.2) is 0 Å². The summed E-state index contributed by atoms with van der Waals surface area (Å²) in [6.07, 6.45) is 5.36. The Morgan fingerprint density at radius 3 is 2.82 bits per heavy atom. The van der Waals surface area contributed by atoms with Gasteiger partial charge in [0, 0.05) is 6.42 Å². The minimum Gasteiger partial charge on any atom is -0.423 e. The Bertz CT molecular complexity index is 147. The van der Waals surface area contributed by atoms with E-state index >= 15 is 0 Å². The Morgan fingerprint density at radius 2 is 2.36 bits per heavy atom. The van der Waals surface area contributed by atoms with Gasteiger partial charge < -0.3 is 10.5 Å². The minimum absolute atomic E-state index is 0.159. The molecule has 0 saturated heterocycles. The Hall–Kier alpha value is -0.400. The largest absolute Gasteiger partial charge is 0.423 e. The van der Waals surface area contributed by atoms with Gasteiger partial charge >= 0.3 is 5.97 Å². The maximum Gasteiger partial charge on any atom is 0.309 e. The highest BCUT2D eigenvalue weighted by atomic mass is 31.1. The van der Waals surface area contributed by atoms with E-state index in [2.05, 4.69) is 6.30 Å². The SMILES string of the molecule is C=[P+](C)COC(=O)CCCN. The van der Waals surface area contributed by atoms with Gasteiger partial charge in [-0.2, -0.15) is 0 Å². The van der Waals surface area contributed by atoms with Gasteiger partial charge in [0.1, 0.15) is 7.55 Å². The highest BCUT2D eigenvalue weighted by Gasteiger charge is 2.04. The first kappa shape index (κ1) is 10.6. The lowest BCUT2D eigenvalue weighted by molar-refractivity contribution is -0.141. The first-order valence-corrected chi connectivity index (χ1v) is 5.70. The molecule has 1 unspecified atom stereocenters. The maximum absolute atomic E-state index is 10.8. The van der Waals surface area contributed by atoms with Gasteiger partial charge in [0.25, 0.3) is 0 Å². The van der Waals surface area contributed by atoms with Gasteiger partial charge in [-0.25, -0.2) is 0 Å². The number of carbonyl (C=O) groups excluding carboxylic acids is 1. The first-order chi connectivity index (χ1) is 5.16. The van der Waals surface area contributed by atoms with E-state index in [0.717, 1.165) is 0 Å². The Labute approximate surface area is 68.3 Å². The summed E-state index contributed by atoms with van der Waals surface area (Å²) in [6.45, 7) is 2.51. The van der Waals surface area contributed by atoms with Crippen molar-refractivity contribution in [2.45, 2.75) is 12.8 Å². The van der Waals surface area contributed by atoms with E-state index in [1.807, 2.05) is 6.66 Å². The highest BCUT2D eigenvalue weighted by Crippen LogP contribution is 2.12. The second-order valence-corrected chi connectivity index (χ2v) is 4.36. The van der Waals surface area contributed by atoms with Crippen molar-refractivity contribution in [3.05, 3.63) is 0 Å². The third kappa shape index (κ3) is 7.50. The quantitative estimate of drug-likeness (QED) is 0.497. The number of hydrogen-bond donors (Lipinski definition) is 1. The Balaban J connectivity index is 3.30. The molecule has 0 aliphatic heterocycles. The lowest BCUT2D eigenvalue weighted by atomic mass is 10.3. The number of carbonyl (C=O) groups is 1. The fraction of sp³-hybridized carbons (Fsp3) is 0.714. The standard InChI is InChI=1S/C7H15NO2P/c1-11(2)6-10-7(9)4-3-5-8/h1,3-6,8H2,2H3/q+1. The van der Waals surface area contributed by atoms with Crippen molar-refractivity contribution in [2.24, 2.45) is 5.73 Å². The normalized spacial score (nSPS) is 10.9. The van der Waals surface area contributed by atoms with Crippen LogP contribution in [0.15, 0.2) is 0 Å². The van der Waals surface area contributed by atoms with Crippen LogP contribution in [0.1, 0.15) is 12.8 Å². The summed E-state index contributed by atoms with van der Waals surface area (Å²) in [7, 11) is -0.372. The molecule has 0 aliphatic carbocycles. The van der Waals surface area contributed by atoms with Crippen LogP contribution in [-0.4, -0.2) is 31.8 Å². The van der Waals surface area contributed by atoms with Gasteiger partial charge in [0.2, 0.25) is 6.35 Å². The van der Waals surface area contributed by atoms with Gasteiger partial charge in [-0.1, -0.05) is 0 Å². The summed E-state index contributed by atoms with van der Waals surface area (Å²) in [6, 6.07) is 0. The molecule has 0 saturated carbocycles. The average molecular weight is 176 g/mol. The molecule has 3 nitrogen and oxygen atoms in total. The van der Waals surface area contributed by atoms with Crippen LogP contribution in [0.25, 0.3) is 0 Å². The number of esters is 1. The molecule has 0 spiro atoms. The van der Waals surface area contributed by atoms with Crippen LogP contribution in [0.4, 0.5) is 0 Å². The Kier molecular flexibility index (Phi) is 6.09. The molecule has 64 valence electrons. The summed E-state index contributed by atoms with van der Waals surface area (Å²) >= 11 is 0. The van der Waals surface area contributed by atoms with Gasteiger partial charge in [-0.05, 0) is 13.0 Å². The van der Waals surface area contributed by atoms with Crippen LogP contribution in [0.2, 0.25) is 0 Å². The summed E-state index contributed by atoms with van der Waals surface area (Å²) in [4.78, 5) is 10.8. The average Bonchev–Trinajstić information content (AvgIpc) is 1.97. The fourth-order valence-corrected chi connectivity index (χ4v) is 0.865. The van der Waals surface area contributed by atoms with Gasteiger partial charge in [0.05, 0.1) is 13.0 Å². The van der Waals surface area contributed by atoms with Gasteiger partial charge in [-0.15, -0.1) is 0 Å². The first-order valence-electron chi connectivity index (χ1n) is 3.54. The fourth-order valence-electron chi connectivity index (χ4n) is 0.501. The molecule has 0 heterocycles. The molecule has 0 aromatic heterocycles. The van der Waals surface area contributed by atoms with Crippen molar-refractivity contribution in [2.75, 3.05) is 19.6 Å². The lowest BCUT2D eigenvalue weighted by Gasteiger charge is -1.97. The van der Waals surface area contributed by atoms with Gasteiger partial charge in [-0.3, -0.25) is 4.79 Å². The predicted octanol–water partition coefficient (Wildman–Crippen LogP) is 0.770. The summed E-state index contributed by atoms with van der Waals surface area (Å²) in [5.41, 5.74) is 5.22. The molecule has 0 aliphatic rings. The van der Waals surface area contributed by atoms with Crippen molar-refractivity contribution < 1.29 is 9.53 Å². The molecular formula is C7H15NO2P+. The van der Waals surface area contributed by atoms with Crippen LogP contribution in [0.3, 0.4) is 0 Å². The number of nitrogens with two attached hydrogens (primary N) is 1. The van der Waals surface area contributed by atoms with Crippen molar-refractivity contribution in [3.63, 3.8) is 0 Å². The molecule has 11 heavy (non-hydrogen) atoms. The molecule has 0 fully saturated rings. The van der Waals surface area contributed by atoms with E-state index in [1.54, 1.807) is 0 Å². The summed E-state index contributed by atoms with van der Waals surface area (Å²) < 4.78 is 4.88. The molecule has 0 amide bonds. The molecule has 2 N–H and O–H groups in total. The molecule has 0 rings (SSSR count). The molecule has 0 aromatic rings. The van der Waals surface area contributed by atoms with Crippen LogP contribution in [-0.2, 0) is 9.53 Å². The second-order valence-electron chi connectivity index (χ2n) is 2.39. The monoisotopic (exact) mass is 176 g/mol. The van der Waals surface area contributed by atoms with Crippen LogP contribution in [0.5, 0.6) is 0 Å². The van der Waals surface area contributed by atoms with Crippen molar-refractivity contribution in [1.82, 2.24) is 0 Å². The van der Waals surface area contributed by atoms with Crippen molar-refractivity contribution in [3.8, 4) is 0 Å². The predicted molar refractivity (Wildman–Crippen MR) is 49.2 cm³/mol. The van der Waals surface area contributed by atoms with Crippen molar-refractivity contribution in [1.29, 1.82) is 0 Å². The molecule has 4 heteroatoms. The van der Waals surface area contributed by atoms with Crippen LogP contribution in [0, 0.1) is 0 Å². The van der Waals surface area contributed by atoms with E-state index in [9.17, 15) is 4.79 Å². The third-order valence-electron chi connectivity index (χ3n) is 1.03. The summed E-state index contributed by atoms with van der Waals surface area (Å²) in [5, 5.41) is 0. The summed E-state index contributed by atoms with van der Waals surface area (Å²) in [5.74, 6) is -0.159. The van der Waals surface area contributed by atoms with Crippen LogP contribution >= 0.6 is 7.55 Å². The van der Waals surface area contributed by atoms with E-state index in [1.165, 1.54) is 0 Å². The topological polar surface area (TPSA) is 52.3 Å². The number of ether oxygens (including phenoxy) is 1.